The molecule has 0 aliphatic carbocycles. The van der Waals surface area contributed by atoms with Crippen molar-refractivity contribution in [3.05, 3.63) is 64.7 Å². The van der Waals surface area contributed by atoms with Crippen molar-refractivity contribution in [3.8, 4) is 0 Å². The minimum atomic E-state index is -1.03. The lowest BCUT2D eigenvalue weighted by Crippen LogP contribution is -2.43. The van der Waals surface area contributed by atoms with Gasteiger partial charge >= 0.3 is 0 Å². The monoisotopic (exact) mass is 419 g/mol. The van der Waals surface area contributed by atoms with Crippen molar-refractivity contribution in [1.82, 2.24) is 14.9 Å². The highest BCUT2D eigenvalue weighted by molar-refractivity contribution is 6.11. The number of carbonyl (C=O) groups is 3. The second kappa shape index (κ2) is 8.02. The van der Waals surface area contributed by atoms with E-state index in [0.29, 0.717) is 27.8 Å². The molecule has 1 aromatic heterocycles. The van der Waals surface area contributed by atoms with E-state index in [-0.39, 0.29) is 18.0 Å². The summed E-state index contributed by atoms with van der Waals surface area (Å²) < 4.78 is 1.51. The summed E-state index contributed by atoms with van der Waals surface area (Å²) in [6.07, 6.45) is 1.24. The summed E-state index contributed by atoms with van der Waals surface area (Å²) in [4.78, 5) is 54.4. The standard InChI is InChI=1S/C22H21N5O4/c1-12(2)27-11-23-16-8-7-13(9-15(16)22(27)31)24-19(28)10-18-21(30)25-17-6-4-3-5-14(17)20(29)26-18/h3-9,11-12,18H,10H2,1-2H3,(H,24,28)(H,25,30)(H,26,29)/t18-/m1/s1. The first-order chi connectivity index (χ1) is 14.8. The van der Waals surface area contributed by atoms with Crippen molar-refractivity contribution < 1.29 is 14.4 Å². The number of para-hydroxylation sites is 1. The van der Waals surface area contributed by atoms with Gasteiger partial charge in [-0.15, -0.1) is 0 Å². The first-order valence-corrected chi connectivity index (χ1v) is 9.85. The lowest BCUT2D eigenvalue weighted by atomic mass is 10.1. The van der Waals surface area contributed by atoms with Gasteiger partial charge in [-0.2, -0.15) is 0 Å². The molecule has 2 heterocycles. The minimum absolute atomic E-state index is 0.0517. The molecule has 2 aromatic carbocycles. The van der Waals surface area contributed by atoms with Crippen LogP contribution in [0.2, 0.25) is 0 Å². The van der Waals surface area contributed by atoms with Crippen molar-refractivity contribution in [1.29, 1.82) is 0 Å². The third kappa shape index (κ3) is 4.02. The van der Waals surface area contributed by atoms with Gasteiger partial charge in [-0.3, -0.25) is 23.7 Å². The minimum Gasteiger partial charge on any atom is -0.340 e. The molecule has 9 nitrogen and oxygen atoms in total. The average Bonchev–Trinajstić information content (AvgIpc) is 2.84. The zero-order valence-electron chi connectivity index (χ0n) is 17.0. The Balaban J connectivity index is 1.52. The molecule has 1 aliphatic rings. The van der Waals surface area contributed by atoms with Crippen molar-refractivity contribution in [2.45, 2.75) is 32.4 Å². The predicted octanol–water partition coefficient (Wildman–Crippen LogP) is 2.06. The summed E-state index contributed by atoms with van der Waals surface area (Å²) in [7, 11) is 0. The Morgan fingerprint density at radius 3 is 2.71 bits per heavy atom. The number of hydrogen-bond acceptors (Lipinski definition) is 5. The number of amides is 3. The second-order valence-electron chi connectivity index (χ2n) is 7.60. The van der Waals surface area contributed by atoms with Crippen LogP contribution in [0.4, 0.5) is 11.4 Å². The normalized spacial score (nSPS) is 15.8. The number of benzene rings is 2. The topological polar surface area (TPSA) is 122 Å². The fourth-order valence-corrected chi connectivity index (χ4v) is 3.43. The highest BCUT2D eigenvalue weighted by atomic mass is 16.2. The Morgan fingerprint density at radius 2 is 1.94 bits per heavy atom. The summed E-state index contributed by atoms with van der Waals surface area (Å²) in [6, 6.07) is 10.4. The Bertz CT molecular complexity index is 1260. The average molecular weight is 419 g/mol. The van der Waals surface area contributed by atoms with Crippen LogP contribution in [0.25, 0.3) is 10.9 Å². The van der Waals surface area contributed by atoms with E-state index in [1.807, 2.05) is 13.8 Å². The van der Waals surface area contributed by atoms with Gasteiger partial charge in [-0.1, -0.05) is 12.1 Å². The zero-order valence-corrected chi connectivity index (χ0v) is 17.0. The Labute approximate surface area is 177 Å². The van der Waals surface area contributed by atoms with Crippen LogP contribution in [-0.2, 0) is 9.59 Å². The van der Waals surface area contributed by atoms with Gasteiger partial charge in [0, 0.05) is 11.7 Å². The molecule has 0 spiro atoms. The summed E-state index contributed by atoms with van der Waals surface area (Å²) in [6.45, 7) is 3.76. The van der Waals surface area contributed by atoms with Crippen LogP contribution in [0.3, 0.4) is 0 Å². The Kier molecular flexibility index (Phi) is 5.24. The number of hydrogen-bond donors (Lipinski definition) is 3. The highest BCUT2D eigenvalue weighted by Crippen LogP contribution is 2.20. The number of nitrogens with one attached hydrogen (secondary N) is 3. The maximum Gasteiger partial charge on any atom is 0.261 e. The van der Waals surface area contributed by atoms with Crippen LogP contribution in [0.5, 0.6) is 0 Å². The summed E-state index contributed by atoms with van der Waals surface area (Å²) in [5.41, 5.74) is 1.46. The molecule has 3 aromatic rings. The van der Waals surface area contributed by atoms with Crippen molar-refractivity contribution in [2.24, 2.45) is 0 Å². The molecule has 1 atom stereocenters. The quantitative estimate of drug-likeness (QED) is 0.597. The molecular weight excluding hydrogens is 398 g/mol. The van der Waals surface area contributed by atoms with E-state index >= 15 is 0 Å². The molecule has 3 amide bonds. The molecule has 0 saturated heterocycles. The van der Waals surface area contributed by atoms with E-state index in [0.717, 1.165) is 0 Å². The number of nitrogens with zero attached hydrogens (tertiary/aromatic N) is 2. The summed E-state index contributed by atoms with van der Waals surface area (Å²) in [5, 5.41) is 8.32. The lowest BCUT2D eigenvalue weighted by molar-refractivity contribution is -0.122. The van der Waals surface area contributed by atoms with Crippen LogP contribution in [0, 0.1) is 0 Å². The Hall–Kier alpha value is -4.01. The van der Waals surface area contributed by atoms with Gasteiger partial charge in [0.25, 0.3) is 11.5 Å². The number of anilines is 2. The van der Waals surface area contributed by atoms with Crippen LogP contribution in [0.1, 0.15) is 36.7 Å². The number of fused-ring (bicyclic) bond motifs is 2. The van der Waals surface area contributed by atoms with E-state index in [2.05, 4.69) is 20.9 Å². The van der Waals surface area contributed by atoms with Crippen molar-refractivity contribution in [3.63, 3.8) is 0 Å². The second-order valence-corrected chi connectivity index (χ2v) is 7.60. The van der Waals surface area contributed by atoms with Gasteiger partial charge in [0.2, 0.25) is 11.8 Å². The molecule has 1 aliphatic heterocycles. The molecular formula is C22H21N5O4. The SMILES string of the molecule is CC(C)n1cnc2ccc(NC(=O)C[C@H]3NC(=O)c4ccccc4NC3=O)cc2c1=O. The van der Waals surface area contributed by atoms with E-state index in [1.165, 1.54) is 10.9 Å². The van der Waals surface area contributed by atoms with Gasteiger partial charge < -0.3 is 16.0 Å². The highest BCUT2D eigenvalue weighted by Gasteiger charge is 2.29. The molecule has 0 saturated carbocycles. The van der Waals surface area contributed by atoms with Gasteiger partial charge in [0.05, 0.1) is 34.9 Å². The summed E-state index contributed by atoms with van der Waals surface area (Å²) >= 11 is 0. The fraction of sp³-hybridized carbons (Fsp3) is 0.227. The lowest BCUT2D eigenvalue weighted by Gasteiger charge is -2.15. The predicted molar refractivity (Wildman–Crippen MR) is 116 cm³/mol. The molecule has 9 heteroatoms. The number of aromatic nitrogens is 2. The number of rotatable bonds is 4. The van der Waals surface area contributed by atoms with Gasteiger partial charge in [-0.05, 0) is 44.2 Å². The van der Waals surface area contributed by atoms with Crippen molar-refractivity contribution in [2.75, 3.05) is 10.6 Å². The van der Waals surface area contributed by atoms with E-state index in [1.54, 1.807) is 42.5 Å². The van der Waals surface area contributed by atoms with E-state index in [9.17, 15) is 19.2 Å². The zero-order chi connectivity index (χ0) is 22.1. The maximum absolute atomic E-state index is 12.7. The maximum atomic E-state index is 12.7. The summed E-state index contributed by atoms with van der Waals surface area (Å²) in [5.74, 6) is -1.38. The molecule has 158 valence electrons. The van der Waals surface area contributed by atoms with Crippen LogP contribution >= 0.6 is 0 Å². The third-order valence-corrected chi connectivity index (χ3v) is 5.06. The Morgan fingerprint density at radius 1 is 1.16 bits per heavy atom. The van der Waals surface area contributed by atoms with E-state index < -0.39 is 23.8 Å². The molecule has 31 heavy (non-hydrogen) atoms. The molecule has 0 unspecified atom stereocenters. The van der Waals surface area contributed by atoms with Gasteiger partial charge in [0.1, 0.15) is 6.04 Å². The van der Waals surface area contributed by atoms with Gasteiger partial charge in [-0.25, -0.2) is 4.98 Å². The van der Waals surface area contributed by atoms with Gasteiger partial charge in [0.15, 0.2) is 0 Å². The molecule has 0 fully saturated rings. The first-order valence-electron chi connectivity index (χ1n) is 9.85. The smallest absolute Gasteiger partial charge is 0.261 e. The molecule has 4 rings (SSSR count). The van der Waals surface area contributed by atoms with Crippen molar-refractivity contribution >= 4 is 40.0 Å². The first kappa shape index (κ1) is 20.3. The van der Waals surface area contributed by atoms with Crippen LogP contribution in [0.15, 0.2) is 53.6 Å². The van der Waals surface area contributed by atoms with E-state index in [4.69, 9.17) is 0 Å². The molecule has 3 N–H and O–H groups in total. The largest absolute Gasteiger partial charge is 0.340 e. The molecule has 0 radical (unpaired) electrons. The fourth-order valence-electron chi connectivity index (χ4n) is 3.43. The molecule has 0 bridgehead atoms. The number of carbonyl (C=O) groups excluding carboxylic acids is 3. The van der Waals surface area contributed by atoms with Crippen LogP contribution < -0.4 is 21.5 Å². The third-order valence-electron chi connectivity index (χ3n) is 5.06. The van der Waals surface area contributed by atoms with Crippen LogP contribution in [-0.4, -0.2) is 33.3 Å².